The smallest absolute Gasteiger partial charge is 0.184 e. The minimum absolute atomic E-state index is 0.352. The van der Waals surface area contributed by atoms with Crippen LogP contribution in [0.4, 0.5) is 0 Å². The predicted molar refractivity (Wildman–Crippen MR) is 71.2 cm³/mol. The van der Waals surface area contributed by atoms with Gasteiger partial charge in [-0.2, -0.15) is 0 Å². The van der Waals surface area contributed by atoms with Gasteiger partial charge < -0.3 is 4.43 Å². The molecule has 1 nitrogen and oxygen atoms in total. The highest BCUT2D eigenvalue weighted by atomic mass is 28.4. The highest BCUT2D eigenvalue weighted by Crippen LogP contribution is 2.33. The Kier molecular flexibility index (Phi) is 3.50. The summed E-state index contributed by atoms with van der Waals surface area (Å²) in [5.74, 6) is 0. The SMILES string of the molecule is C[Si](C)(C)OC1CCCCc2ccccc21. The molecule has 0 amide bonds. The van der Waals surface area contributed by atoms with Gasteiger partial charge in [0.2, 0.25) is 0 Å². The molecular weight excluding hydrogens is 212 g/mol. The van der Waals surface area contributed by atoms with Crippen LogP contribution >= 0.6 is 0 Å². The molecule has 0 radical (unpaired) electrons. The first kappa shape index (κ1) is 11.9. The molecule has 1 aliphatic rings. The van der Waals surface area contributed by atoms with Crippen LogP contribution in [0.2, 0.25) is 19.6 Å². The van der Waals surface area contributed by atoms with Gasteiger partial charge in [0, 0.05) is 0 Å². The summed E-state index contributed by atoms with van der Waals surface area (Å²) in [5, 5.41) is 0. The summed E-state index contributed by atoms with van der Waals surface area (Å²) >= 11 is 0. The van der Waals surface area contributed by atoms with Crippen molar-refractivity contribution in [2.24, 2.45) is 0 Å². The second-order valence-electron chi connectivity index (χ2n) is 5.66. The maximum absolute atomic E-state index is 6.32. The molecule has 88 valence electrons. The fourth-order valence-corrected chi connectivity index (χ4v) is 3.52. The second-order valence-corrected chi connectivity index (χ2v) is 10.1. The fourth-order valence-electron chi connectivity index (χ4n) is 2.43. The number of fused-ring (bicyclic) bond motifs is 1. The average molecular weight is 234 g/mol. The lowest BCUT2D eigenvalue weighted by atomic mass is 10.0. The van der Waals surface area contributed by atoms with Crippen molar-refractivity contribution < 1.29 is 4.43 Å². The summed E-state index contributed by atoms with van der Waals surface area (Å²) in [6.45, 7) is 6.83. The third-order valence-electron chi connectivity index (χ3n) is 3.06. The van der Waals surface area contributed by atoms with Gasteiger partial charge in [0.05, 0.1) is 6.10 Å². The topological polar surface area (TPSA) is 9.23 Å². The molecule has 2 heteroatoms. The monoisotopic (exact) mass is 234 g/mol. The Morgan fingerprint density at radius 2 is 1.88 bits per heavy atom. The van der Waals surface area contributed by atoms with Crippen molar-refractivity contribution in [1.82, 2.24) is 0 Å². The first-order valence-corrected chi connectivity index (χ1v) is 9.73. The van der Waals surface area contributed by atoms with E-state index >= 15 is 0 Å². The van der Waals surface area contributed by atoms with E-state index in [0.29, 0.717) is 6.10 Å². The van der Waals surface area contributed by atoms with Crippen LogP contribution in [0.1, 0.15) is 36.5 Å². The highest BCUT2D eigenvalue weighted by molar-refractivity contribution is 6.69. The van der Waals surface area contributed by atoms with Crippen LogP contribution in [-0.4, -0.2) is 8.32 Å². The summed E-state index contributed by atoms with van der Waals surface area (Å²) in [4.78, 5) is 0. The molecule has 1 unspecified atom stereocenters. The van der Waals surface area contributed by atoms with E-state index < -0.39 is 8.32 Å². The van der Waals surface area contributed by atoms with Crippen LogP contribution in [0.3, 0.4) is 0 Å². The van der Waals surface area contributed by atoms with E-state index in [0.717, 1.165) is 0 Å². The van der Waals surface area contributed by atoms with Crippen molar-refractivity contribution >= 4 is 8.32 Å². The molecule has 0 saturated carbocycles. The van der Waals surface area contributed by atoms with E-state index in [-0.39, 0.29) is 0 Å². The molecule has 1 aromatic rings. The molecular formula is C14H22OSi. The van der Waals surface area contributed by atoms with Crippen LogP contribution in [0.25, 0.3) is 0 Å². The van der Waals surface area contributed by atoms with Crippen molar-refractivity contribution in [2.75, 3.05) is 0 Å². The van der Waals surface area contributed by atoms with Crippen molar-refractivity contribution in [3.63, 3.8) is 0 Å². The zero-order valence-electron chi connectivity index (χ0n) is 10.6. The quantitative estimate of drug-likeness (QED) is 0.547. The van der Waals surface area contributed by atoms with Crippen LogP contribution in [-0.2, 0) is 10.8 Å². The van der Waals surface area contributed by atoms with Crippen LogP contribution in [0.5, 0.6) is 0 Å². The number of aryl methyl sites for hydroxylation is 1. The van der Waals surface area contributed by atoms with E-state index in [4.69, 9.17) is 4.43 Å². The normalized spacial score (nSPS) is 21.3. The predicted octanol–water partition coefficient (Wildman–Crippen LogP) is 4.31. The van der Waals surface area contributed by atoms with Gasteiger partial charge in [-0.05, 0) is 50.0 Å². The second kappa shape index (κ2) is 4.72. The van der Waals surface area contributed by atoms with Crippen LogP contribution < -0.4 is 0 Å². The Morgan fingerprint density at radius 3 is 2.62 bits per heavy atom. The maximum Gasteiger partial charge on any atom is 0.184 e. The van der Waals surface area contributed by atoms with Gasteiger partial charge in [0.25, 0.3) is 0 Å². The zero-order chi connectivity index (χ0) is 11.6. The van der Waals surface area contributed by atoms with Crippen LogP contribution in [0, 0.1) is 0 Å². The first-order valence-electron chi connectivity index (χ1n) is 6.32. The van der Waals surface area contributed by atoms with Gasteiger partial charge in [0.15, 0.2) is 8.32 Å². The minimum Gasteiger partial charge on any atom is -0.411 e. The van der Waals surface area contributed by atoms with Gasteiger partial charge in [0.1, 0.15) is 0 Å². The van der Waals surface area contributed by atoms with E-state index in [1.807, 2.05) is 0 Å². The molecule has 0 fully saturated rings. The molecule has 2 rings (SSSR count). The summed E-state index contributed by atoms with van der Waals surface area (Å²) in [6.07, 6.45) is 5.38. The summed E-state index contributed by atoms with van der Waals surface area (Å²) < 4.78 is 6.32. The Hall–Kier alpha value is -0.603. The van der Waals surface area contributed by atoms with Gasteiger partial charge in [-0.25, -0.2) is 0 Å². The van der Waals surface area contributed by atoms with E-state index in [2.05, 4.69) is 43.9 Å². The highest BCUT2D eigenvalue weighted by Gasteiger charge is 2.25. The van der Waals surface area contributed by atoms with Crippen molar-refractivity contribution in [3.8, 4) is 0 Å². The zero-order valence-corrected chi connectivity index (χ0v) is 11.6. The number of hydrogen-bond donors (Lipinski definition) is 0. The molecule has 0 bridgehead atoms. The average Bonchev–Trinajstić information content (AvgIpc) is 2.39. The number of hydrogen-bond acceptors (Lipinski definition) is 1. The van der Waals surface area contributed by atoms with Crippen LogP contribution in [0.15, 0.2) is 24.3 Å². The van der Waals surface area contributed by atoms with E-state index in [9.17, 15) is 0 Å². The number of benzene rings is 1. The molecule has 0 saturated heterocycles. The Balaban J connectivity index is 2.26. The van der Waals surface area contributed by atoms with Crippen molar-refractivity contribution in [3.05, 3.63) is 35.4 Å². The molecule has 0 aromatic heterocycles. The molecule has 0 aliphatic heterocycles. The summed E-state index contributed by atoms with van der Waals surface area (Å²) in [5.41, 5.74) is 2.95. The molecule has 1 aromatic carbocycles. The van der Waals surface area contributed by atoms with Gasteiger partial charge in [-0.15, -0.1) is 0 Å². The lowest BCUT2D eigenvalue weighted by Crippen LogP contribution is -2.28. The lowest BCUT2D eigenvalue weighted by molar-refractivity contribution is 0.186. The maximum atomic E-state index is 6.32. The fraction of sp³-hybridized carbons (Fsp3) is 0.571. The van der Waals surface area contributed by atoms with E-state index in [1.54, 1.807) is 0 Å². The Labute approximate surface area is 100.0 Å². The van der Waals surface area contributed by atoms with Gasteiger partial charge in [-0.1, -0.05) is 30.7 Å². The Morgan fingerprint density at radius 1 is 1.12 bits per heavy atom. The minimum atomic E-state index is -1.44. The van der Waals surface area contributed by atoms with Crippen molar-refractivity contribution in [1.29, 1.82) is 0 Å². The summed E-state index contributed by atoms with van der Waals surface area (Å²) in [6, 6.07) is 8.81. The summed E-state index contributed by atoms with van der Waals surface area (Å²) in [7, 11) is -1.44. The molecule has 0 N–H and O–H groups in total. The standard InChI is InChI=1S/C14H22OSi/c1-16(2,3)15-14-11-7-5-9-12-8-4-6-10-13(12)14/h4,6,8,10,14H,5,7,9,11H2,1-3H3. The molecule has 16 heavy (non-hydrogen) atoms. The van der Waals surface area contributed by atoms with Gasteiger partial charge in [-0.3, -0.25) is 0 Å². The van der Waals surface area contributed by atoms with Crippen molar-refractivity contribution in [2.45, 2.75) is 51.4 Å². The largest absolute Gasteiger partial charge is 0.411 e. The third kappa shape index (κ3) is 2.95. The molecule has 0 spiro atoms. The number of rotatable bonds is 2. The lowest BCUT2D eigenvalue weighted by Gasteiger charge is -2.27. The Bertz CT molecular complexity index is 354. The molecule has 0 heterocycles. The molecule has 1 atom stereocenters. The third-order valence-corrected chi connectivity index (χ3v) is 4.05. The van der Waals surface area contributed by atoms with E-state index in [1.165, 1.54) is 36.8 Å². The molecule has 1 aliphatic carbocycles. The first-order chi connectivity index (χ1) is 7.56. The van der Waals surface area contributed by atoms with Gasteiger partial charge >= 0.3 is 0 Å².